The summed E-state index contributed by atoms with van der Waals surface area (Å²) in [5.74, 6) is -0.268. The molecule has 0 saturated carbocycles. The summed E-state index contributed by atoms with van der Waals surface area (Å²) in [5.41, 5.74) is 3.30. The van der Waals surface area contributed by atoms with Gasteiger partial charge in [-0.15, -0.1) is 5.10 Å². The number of hydrazone groups is 1. The molecule has 1 N–H and O–H groups in total. The number of amides is 1. The van der Waals surface area contributed by atoms with Crippen molar-refractivity contribution in [3.05, 3.63) is 81.5 Å². The molecule has 0 unspecified atom stereocenters. The van der Waals surface area contributed by atoms with Gasteiger partial charge in [-0.2, -0.15) is 10.1 Å². The molecule has 0 bridgehead atoms. The fourth-order valence-electron chi connectivity index (χ4n) is 3.04. The Kier molecular flexibility index (Phi) is 4.55. The third-order valence-electron chi connectivity index (χ3n) is 4.52. The SMILES string of the molecule is CC(=O)N1N=C(c2cc(-c3ccc(C)cc3)n[nH]2)O[C@@H]1c1ccccc1[N+](=O)[O-]. The minimum Gasteiger partial charge on any atom is -0.444 e. The lowest BCUT2D eigenvalue weighted by Crippen LogP contribution is -2.25. The number of aromatic amines is 1. The van der Waals surface area contributed by atoms with Crippen LogP contribution in [0.3, 0.4) is 0 Å². The van der Waals surface area contributed by atoms with Gasteiger partial charge in [0.1, 0.15) is 5.69 Å². The summed E-state index contributed by atoms with van der Waals surface area (Å²) < 4.78 is 5.85. The average molecular weight is 391 g/mol. The van der Waals surface area contributed by atoms with E-state index in [0.29, 0.717) is 11.4 Å². The zero-order valence-electron chi connectivity index (χ0n) is 15.7. The first kappa shape index (κ1) is 18.4. The number of hydrogen-bond donors (Lipinski definition) is 1. The Morgan fingerprint density at radius 1 is 1.21 bits per heavy atom. The molecule has 4 rings (SSSR count). The number of carbonyl (C=O) groups is 1. The zero-order chi connectivity index (χ0) is 20.5. The van der Waals surface area contributed by atoms with Gasteiger partial charge in [-0.1, -0.05) is 42.0 Å². The Morgan fingerprint density at radius 3 is 2.62 bits per heavy atom. The van der Waals surface area contributed by atoms with Crippen LogP contribution in [0.2, 0.25) is 0 Å². The second-order valence-electron chi connectivity index (χ2n) is 6.59. The van der Waals surface area contributed by atoms with Gasteiger partial charge < -0.3 is 4.74 Å². The fourth-order valence-corrected chi connectivity index (χ4v) is 3.04. The maximum absolute atomic E-state index is 12.1. The van der Waals surface area contributed by atoms with Crippen LogP contribution >= 0.6 is 0 Å². The summed E-state index contributed by atoms with van der Waals surface area (Å²) in [6.07, 6.45) is -1.03. The van der Waals surface area contributed by atoms with Crippen molar-refractivity contribution in [1.82, 2.24) is 15.2 Å². The number of nitro groups is 1. The molecular weight excluding hydrogens is 374 g/mol. The number of hydrogen-bond acceptors (Lipinski definition) is 6. The van der Waals surface area contributed by atoms with Crippen LogP contribution < -0.4 is 0 Å². The molecule has 1 aliphatic rings. The van der Waals surface area contributed by atoms with Gasteiger partial charge in [0.25, 0.3) is 11.6 Å². The predicted molar refractivity (Wildman–Crippen MR) is 105 cm³/mol. The van der Waals surface area contributed by atoms with E-state index in [1.165, 1.54) is 13.0 Å². The van der Waals surface area contributed by atoms with Crippen molar-refractivity contribution in [3.63, 3.8) is 0 Å². The van der Waals surface area contributed by atoms with Gasteiger partial charge in [-0.25, -0.2) is 0 Å². The topological polar surface area (TPSA) is 114 Å². The van der Waals surface area contributed by atoms with Crippen LogP contribution in [0.1, 0.15) is 30.0 Å². The molecule has 3 aromatic rings. The highest BCUT2D eigenvalue weighted by atomic mass is 16.6. The second kappa shape index (κ2) is 7.19. The molecule has 2 heterocycles. The van der Waals surface area contributed by atoms with Crippen LogP contribution in [0, 0.1) is 17.0 Å². The second-order valence-corrected chi connectivity index (χ2v) is 6.59. The van der Waals surface area contributed by atoms with Gasteiger partial charge in [0.2, 0.25) is 12.1 Å². The number of rotatable bonds is 4. The fraction of sp³-hybridized carbons (Fsp3) is 0.150. The average Bonchev–Trinajstić information content (AvgIpc) is 3.36. The number of aromatic nitrogens is 2. The standard InChI is InChI=1S/C20H17N5O4/c1-12-7-9-14(10-8-12)16-11-17(22-21-16)19-23-24(13(2)26)20(29-19)15-5-3-4-6-18(15)25(27)28/h3-11,20H,1-2H3,(H,21,22)/t20-/m1/s1. The first-order valence-electron chi connectivity index (χ1n) is 8.85. The highest BCUT2D eigenvalue weighted by Gasteiger charge is 2.37. The molecule has 9 heteroatoms. The maximum atomic E-state index is 12.1. The molecule has 9 nitrogen and oxygen atoms in total. The molecular formula is C20H17N5O4. The minimum absolute atomic E-state index is 0.134. The van der Waals surface area contributed by atoms with E-state index in [1.807, 2.05) is 31.2 Å². The lowest BCUT2D eigenvalue weighted by atomic mass is 10.1. The van der Waals surface area contributed by atoms with Crippen LogP contribution in [0.15, 0.2) is 59.7 Å². The smallest absolute Gasteiger partial charge is 0.278 e. The Balaban J connectivity index is 1.67. The predicted octanol–water partition coefficient (Wildman–Crippen LogP) is 3.53. The largest absolute Gasteiger partial charge is 0.444 e. The summed E-state index contributed by atoms with van der Waals surface area (Å²) in [7, 11) is 0. The van der Waals surface area contributed by atoms with E-state index >= 15 is 0 Å². The Morgan fingerprint density at radius 2 is 1.93 bits per heavy atom. The van der Waals surface area contributed by atoms with Crippen LogP contribution in [-0.4, -0.2) is 31.9 Å². The van der Waals surface area contributed by atoms with E-state index < -0.39 is 17.1 Å². The summed E-state index contributed by atoms with van der Waals surface area (Å²) in [6.45, 7) is 3.32. The van der Waals surface area contributed by atoms with E-state index in [9.17, 15) is 14.9 Å². The van der Waals surface area contributed by atoms with E-state index in [4.69, 9.17) is 4.74 Å². The van der Waals surface area contributed by atoms with Crippen molar-refractivity contribution in [1.29, 1.82) is 0 Å². The normalized spacial score (nSPS) is 15.7. The molecule has 29 heavy (non-hydrogen) atoms. The van der Waals surface area contributed by atoms with Crippen LogP contribution in [-0.2, 0) is 9.53 Å². The lowest BCUT2D eigenvalue weighted by Gasteiger charge is -2.18. The number of nitrogens with one attached hydrogen (secondary N) is 1. The van der Waals surface area contributed by atoms with Crippen molar-refractivity contribution in [2.75, 3.05) is 0 Å². The van der Waals surface area contributed by atoms with Gasteiger partial charge in [0, 0.05) is 18.6 Å². The number of H-pyrrole nitrogens is 1. The zero-order valence-corrected chi connectivity index (χ0v) is 15.7. The lowest BCUT2D eigenvalue weighted by molar-refractivity contribution is -0.386. The summed E-state index contributed by atoms with van der Waals surface area (Å²) >= 11 is 0. The summed E-state index contributed by atoms with van der Waals surface area (Å²) in [6, 6.07) is 15.7. The summed E-state index contributed by atoms with van der Waals surface area (Å²) in [5, 5.41) is 23.8. The number of ether oxygens (including phenoxy) is 1. The van der Waals surface area contributed by atoms with Crippen molar-refractivity contribution < 1.29 is 14.5 Å². The van der Waals surface area contributed by atoms with Gasteiger partial charge in [-0.3, -0.25) is 20.0 Å². The van der Waals surface area contributed by atoms with Crippen LogP contribution in [0.25, 0.3) is 11.3 Å². The molecule has 146 valence electrons. The van der Waals surface area contributed by atoms with E-state index in [-0.39, 0.29) is 17.1 Å². The molecule has 2 aromatic carbocycles. The molecule has 1 amide bonds. The molecule has 1 aliphatic heterocycles. The molecule has 1 aromatic heterocycles. The van der Waals surface area contributed by atoms with Crippen molar-refractivity contribution in [2.24, 2.45) is 5.10 Å². The van der Waals surface area contributed by atoms with Gasteiger partial charge >= 0.3 is 0 Å². The number of carbonyl (C=O) groups excluding carboxylic acids is 1. The van der Waals surface area contributed by atoms with Crippen molar-refractivity contribution in [3.8, 4) is 11.3 Å². The third kappa shape index (κ3) is 3.45. The number of aryl methyl sites for hydroxylation is 1. The number of para-hydroxylation sites is 1. The Labute approximate surface area is 165 Å². The molecule has 1 atom stereocenters. The molecule has 0 saturated heterocycles. The van der Waals surface area contributed by atoms with Crippen molar-refractivity contribution in [2.45, 2.75) is 20.1 Å². The number of benzene rings is 2. The highest BCUT2D eigenvalue weighted by Crippen LogP contribution is 2.35. The van der Waals surface area contributed by atoms with E-state index in [2.05, 4.69) is 15.3 Å². The van der Waals surface area contributed by atoms with Crippen molar-refractivity contribution >= 4 is 17.5 Å². The van der Waals surface area contributed by atoms with Crippen LogP contribution in [0.5, 0.6) is 0 Å². The summed E-state index contributed by atoms with van der Waals surface area (Å²) in [4.78, 5) is 23.0. The quantitative estimate of drug-likeness (QED) is 0.540. The molecule has 0 fully saturated rings. The van der Waals surface area contributed by atoms with Gasteiger partial charge in [0.05, 0.1) is 16.2 Å². The first-order chi connectivity index (χ1) is 13.9. The number of nitro benzene ring substituents is 1. The highest BCUT2D eigenvalue weighted by molar-refractivity contribution is 5.95. The third-order valence-corrected chi connectivity index (χ3v) is 4.52. The Hall–Kier alpha value is -4.01. The molecule has 0 aliphatic carbocycles. The first-order valence-corrected chi connectivity index (χ1v) is 8.85. The number of nitrogens with zero attached hydrogens (tertiary/aromatic N) is 4. The Bertz CT molecular complexity index is 1120. The van der Waals surface area contributed by atoms with Gasteiger partial charge in [-0.05, 0) is 19.1 Å². The van der Waals surface area contributed by atoms with E-state index in [1.54, 1.807) is 24.3 Å². The molecule has 0 spiro atoms. The maximum Gasteiger partial charge on any atom is 0.278 e. The van der Waals surface area contributed by atoms with Gasteiger partial charge in [0.15, 0.2) is 0 Å². The van der Waals surface area contributed by atoms with Crippen LogP contribution in [0.4, 0.5) is 5.69 Å². The minimum atomic E-state index is -1.03. The monoisotopic (exact) mass is 391 g/mol. The molecule has 0 radical (unpaired) electrons. The van der Waals surface area contributed by atoms with E-state index in [0.717, 1.165) is 16.1 Å².